The van der Waals surface area contributed by atoms with Crippen molar-refractivity contribution in [3.05, 3.63) is 18.0 Å². The van der Waals surface area contributed by atoms with E-state index >= 15 is 0 Å². The van der Waals surface area contributed by atoms with E-state index in [9.17, 15) is 0 Å². The predicted molar refractivity (Wildman–Crippen MR) is 76.2 cm³/mol. The van der Waals surface area contributed by atoms with E-state index in [0.717, 1.165) is 37.6 Å². The molecule has 0 aliphatic carbocycles. The van der Waals surface area contributed by atoms with E-state index in [-0.39, 0.29) is 0 Å². The zero-order chi connectivity index (χ0) is 13.1. The number of anilines is 1. The average Bonchev–Trinajstić information content (AvgIpc) is 2.48. The molecule has 2 fully saturated rings. The van der Waals surface area contributed by atoms with Gasteiger partial charge in [0.1, 0.15) is 0 Å². The van der Waals surface area contributed by atoms with E-state index < -0.39 is 0 Å². The maximum atomic E-state index is 5.54. The summed E-state index contributed by atoms with van der Waals surface area (Å²) in [6.07, 6.45) is 8.75. The number of hydrogen-bond acceptors (Lipinski definition) is 5. The maximum Gasteiger partial charge on any atom is 0.225 e. The number of piperazine rings is 1. The van der Waals surface area contributed by atoms with Crippen molar-refractivity contribution in [3.8, 4) is 0 Å². The standard InChI is InChI=1S/C14H23N5/c15-5-4-12-9-16-14(17-10-12)19-8-7-18-6-2-1-3-13(18)11-19/h9-10,13H,1-8,11,15H2. The second-order valence-corrected chi connectivity index (χ2v) is 5.56. The lowest BCUT2D eigenvalue weighted by molar-refractivity contribution is 0.133. The van der Waals surface area contributed by atoms with Crippen LogP contribution in [0, 0.1) is 0 Å². The van der Waals surface area contributed by atoms with Crippen LogP contribution in [0.1, 0.15) is 24.8 Å². The fourth-order valence-corrected chi connectivity index (χ4v) is 3.14. The van der Waals surface area contributed by atoms with E-state index in [4.69, 9.17) is 5.73 Å². The Morgan fingerprint density at radius 3 is 2.79 bits per heavy atom. The van der Waals surface area contributed by atoms with E-state index in [0.29, 0.717) is 12.6 Å². The molecule has 104 valence electrons. The van der Waals surface area contributed by atoms with Crippen LogP contribution in [-0.2, 0) is 6.42 Å². The van der Waals surface area contributed by atoms with Gasteiger partial charge in [0, 0.05) is 38.1 Å². The van der Waals surface area contributed by atoms with Gasteiger partial charge < -0.3 is 10.6 Å². The first-order valence-electron chi connectivity index (χ1n) is 7.37. The summed E-state index contributed by atoms with van der Waals surface area (Å²) in [6.45, 7) is 5.21. The molecule has 2 N–H and O–H groups in total. The van der Waals surface area contributed by atoms with E-state index in [2.05, 4.69) is 19.8 Å². The van der Waals surface area contributed by atoms with Crippen molar-refractivity contribution in [2.45, 2.75) is 31.7 Å². The molecule has 1 unspecified atom stereocenters. The van der Waals surface area contributed by atoms with Gasteiger partial charge >= 0.3 is 0 Å². The third kappa shape index (κ3) is 2.87. The highest BCUT2D eigenvalue weighted by Crippen LogP contribution is 2.22. The second kappa shape index (κ2) is 5.84. The normalized spacial score (nSPS) is 24.3. The summed E-state index contributed by atoms with van der Waals surface area (Å²) in [5.74, 6) is 0.881. The SMILES string of the molecule is NCCc1cnc(N2CCN3CCCCC3C2)nc1. The highest BCUT2D eigenvalue weighted by molar-refractivity contribution is 5.31. The fraction of sp³-hybridized carbons (Fsp3) is 0.714. The third-order valence-corrected chi connectivity index (χ3v) is 4.24. The molecule has 3 heterocycles. The molecular weight excluding hydrogens is 238 g/mol. The summed E-state index contributed by atoms with van der Waals surface area (Å²) in [5.41, 5.74) is 6.67. The van der Waals surface area contributed by atoms with Crippen molar-refractivity contribution in [1.29, 1.82) is 0 Å². The lowest BCUT2D eigenvalue weighted by Gasteiger charge is -2.44. The second-order valence-electron chi connectivity index (χ2n) is 5.56. The predicted octanol–water partition coefficient (Wildman–Crippen LogP) is 0.652. The van der Waals surface area contributed by atoms with Crippen molar-refractivity contribution in [2.75, 3.05) is 37.6 Å². The molecule has 2 saturated heterocycles. The summed E-state index contributed by atoms with van der Waals surface area (Å²) in [4.78, 5) is 14.0. The highest BCUT2D eigenvalue weighted by atomic mass is 15.3. The van der Waals surface area contributed by atoms with Gasteiger partial charge in [-0.2, -0.15) is 0 Å². The molecular formula is C14H23N5. The van der Waals surface area contributed by atoms with Crippen LogP contribution >= 0.6 is 0 Å². The van der Waals surface area contributed by atoms with Gasteiger partial charge in [0.05, 0.1) is 0 Å². The van der Waals surface area contributed by atoms with Crippen LogP contribution in [0.2, 0.25) is 0 Å². The lowest BCUT2D eigenvalue weighted by Crippen LogP contribution is -2.55. The van der Waals surface area contributed by atoms with Crippen LogP contribution in [-0.4, -0.2) is 53.6 Å². The average molecular weight is 261 g/mol. The van der Waals surface area contributed by atoms with Gasteiger partial charge in [-0.05, 0) is 37.9 Å². The first-order chi connectivity index (χ1) is 9.36. The van der Waals surface area contributed by atoms with E-state index in [1.807, 2.05) is 12.4 Å². The van der Waals surface area contributed by atoms with Gasteiger partial charge in [0.15, 0.2) is 0 Å². The first-order valence-corrected chi connectivity index (χ1v) is 7.37. The van der Waals surface area contributed by atoms with Crippen molar-refractivity contribution in [2.24, 2.45) is 5.73 Å². The van der Waals surface area contributed by atoms with Crippen molar-refractivity contribution in [1.82, 2.24) is 14.9 Å². The van der Waals surface area contributed by atoms with Crippen LogP contribution in [0.25, 0.3) is 0 Å². The number of nitrogens with zero attached hydrogens (tertiary/aromatic N) is 4. The molecule has 1 aromatic rings. The molecule has 5 heteroatoms. The Hall–Kier alpha value is -1.20. The van der Waals surface area contributed by atoms with Gasteiger partial charge in [-0.25, -0.2) is 9.97 Å². The molecule has 1 atom stereocenters. The van der Waals surface area contributed by atoms with Gasteiger partial charge in [-0.15, -0.1) is 0 Å². The molecule has 3 rings (SSSR count). The highest BCUT2D eigenvalue weighted by Gasteiger charge is 2.29. The minimum Gasteiger partial charge on any atom is -0.338 e. The van der Waals surface area contributed by atoms with Crippen molar-refractivity contribution < 1.29 is 0 Å². The number of piperidine rings is 1. The summed E-state index contributed by atoms with van der Waals surface area (Å²) in [7, 11) is 0. The van der Waals surface area contributed by atoms with Crippen LogP contribution in [0.4, 0.5) is 5.95 Å². The topological polar surface area (TPSA) is 58.3 Å². The van der Waals surface area contributed by atoms with E-state index in [1.54, 1.807) is 0 Å². The molecule has 0 bridgehead atoms. The summed E-state index contributed by atoms with van der Waals surface area (Å²) >= 11 is 0. The Kier molecular flexibility index (Phi) is 3.94. The fourth-order valence-electron chi connectivity index (χ4n) is 3.14. The minimum absolute atomic E-state index is 0.656. The van der Waals surface area contributed by atoms with E-state index in [1.165, 1.54) is 25.8 Å². The number of hydrogen-bond donors (Lipinski definition) is 1. The van der Waals surface area contributed by atoms with Crippen LogP contribution < -0.4 is 10.6 Å². The molecule has 2 aliphatic heterocycles. The third-order valence-electron chi connectivity index (χ3n) is 4.24. The number of nitrogens with two attached hydrogens (primary N) is 1. The Morgan fingerprint density at radius 1 is 1.16 bits per heavy atom. The number of aromatic nitrogens is 2. The van der Waals surface area contributed by atoms with Gasteiger partial charge in [-0.3, -0.25) is 4.90 Å². The summed E-state index contributed by atoms with van der Waals surface area (Å²) < 4.78 is 0. The largest absolute Gasteiger partial charge is 0.338 e. The van der Waals surface area contributed by atoms with Gasteiger partial charge in [0.2, 0.25) is 5.95 Å². The minimum atomic E-state index is 0.656. The molecule has 5 nitrogen and oxygen atoms in total. The number of fused-ring (bicyclic) bond motifs is 1. The lowest BCUT2D eigenvalue weighted by atomic mass is 10.00. The molecule has 1 aromatic heterocycles. The Balaban J connectivity index is 1.65. The van der Waals surface area contributed by atoms with Crippen molar-refractivity contribution >= 4 is 5.95 Å². The molecule has 19 heavy (non-hydrogen) atoms. The monoisotopic (exact) mass is 261 g/mol. The van der Waals surface area contributed by atoms with Gasteiger partial charge in [-0.1, -0.05) is 6.42 Å². The number of rotatable bonds is 3. The maximum absolute atomic E-state index is 5.54. The summed E-state index contributed by atoms with van der Waals surface area (Å²) in [6, 6.07) is 0.704. The van der Waals surface area contributed by atoms with Crippen LogP contribution in [0.3, 0.4) is 0 Å². The zero-order valence-electron chi connectivity index (χ0n) is 11.5. The van der Waals surface area contributed by atoms with Crippen LogP contribution in [0.15, 0.2) is 12.4 Å². The molecule has 0 aromatic carbocycles. The smallest absolute Gasteiger partial charge is 0.225 e. The molecule has 0 spiro atoms. The molecule has 0 amide bonds. The van der Waals surface area contributed by atoms with Crippen molar-refractivity contribution in [3.63, 3.8) is 0 Å². The summed E-state index contributed by atoms with van der Waals surface area (Å²) in [5, 5.41) is 0. The molecule has 0 radical (unpaired) electrons. The molecule has 0 saturated carbocycles. The Labute approximate surface area is 114 Å². The Bertz CT molecular complexity index is 405. The first kappa shape index (κ1) is 12.8. The van der Waals surface area contributed by atoms with Crippen LogP contribution in [0.5, 0.6) is 0 Å². The van der Waals surface area contributed by atoms with Gasteiger partial charge in [0.25, 0.3) is 0 Å². The quantitative estimate of drug-likeness (QED) is 0.866. The molecule has 2 aliphatic rings. The Morgan fingerprint density at radius 2 is 2.00 bits per heavy atom. The zero-order valence-corrected chi connectivity index (χ0v) is 11.5.